The molecule has 0 atom stereocenters. The van der Waals surface area contributed by atoms with Crippen molar-refractivity contribution in [2.45, 2.75) is 65.1 Å². The van der Waals surface area contributed by atoms with Crippen molar-refractivity contribution >= 4 is 10.5 Å². The molecule has 0 bridgehead atoms. The van der Waals surface area contributed by atoms with E-state index >= 15 is 0 Å². The maximum atomic E-state index is 13.4. The molecule has 0 aliphatic carbocycles. The first-order valence-corrected chi connectivity index (χ1v) is 8.66. The normalized spacial score (nSPS) is 11.5. The molecular weight excluding hydrogens is 321 g/mol. The van der Waals surface area contributed by atoms with Crippen molar-refractivity contribution in [3.8, 4) is 0 Å². The van der Waals surface area contributed by atoms with Crippen LogP contribution in [0.15, 0.2) is 12.1 Å². The molecule has 0 heterocycles. The Labute approximate surface area is 140 Å². The molecule has 1 aromatic rings. The Morgan fingerprint density at radius 3 is 2.09 bits per heavy atom. The van der Waals surface area contributed by atoms with E-state index in [1.807, 2.05) is 27.7 Å². The van der Waals surface area contributed by atoms with Crippen molar-refractivity contribution in [2.75, 3.05) is 7.11 Å². The standard InChI is InChI=1S/C16H23F3O.CH6OSi/c1-11(2)20-16(3,4)8-6-5-7-12-9-14(18)15(19)10-13(12)17;1-2-3/h9-11H,5-8H2,1-4H3;1,3H3. The second kappa shape index (κ2) is 10.8. The fraction of sp³-hybridized carbons (Fsp3) is 0.647. The van der Waals surface area contributed by atoms with Crippen LogP contribution in [-0.2, 0) is 15.6 Å². The summed E-state index contributed by atoms with van der Waals surface area (Å²) in [5.41, 5.74) is 0.00676. The Morgan fingerprint density at radius 1 is 1.04 bits per heavy atom. The van der Waals surface area contributed by atoms with Crippen LogP contribution in [-0.4, -0.2) is 29.3 Å². The van der Waals surface area contributed by atoms with Crippen molar-refractivity contribution < 1.29 is 22.3 Å². The van der Waals surface area contributed by atoms with Gasteiger partial charge in [-0.3, -0.25) is 0 Å². The van der Waals surface area contributed by atoms with Crippen LogP contribution < -0.4 is 0 Å². The van der Waals surface area contributed by atoms with Crippen molar-refractivity contribution in [3.05, 3.63) is 35.1 Å². The molecule has 0 unspecified atom stereocenters. The monoisotopic (exact) mass is 350 g/mol. The molecule has 0 amide bonds. The number of aryl methyl sites for hydroxylation is 1. The molecule has 1 rings (SSSR count). The first-order chi connectivity index (χ1) is 10.6. The van der Waals surface area contributed by atoms with Crippen molar-refractivity contribution in [1.82, 2.24) is 0 Å². The van der Waals surface area contributed by atoms with E-state index in [1.54, 1.807) is 7.11 Å². The highest BCUT2D eigenvalue weighted by atomic mass is 28.2. The van der Waals surface area contributed by atoms with Crippen molar-refractivity contribution in [1.29, 1.82) is 0 Å². The van der Waals surface area contributed by atoms with Crippen LogP contribution in [0.1, 0.15) is 52.5 Å². The van der Waals surface area contributed by atoms with Gasteiger partial charge in [-0.05, 0) is 58.6 Å². The summed E-state index contributed by atoms with van der Waals surface area (Å²) in [6.07, 6.45) is 2.97. The van der Waals surface area contributed by atoms with Gasteiger partial charge < -0.3 is 9.16 Å². The lowest BCUT2D eigenvalue weighted by Crippen LogP contribution is -2.27. The van der Waals surface area contributed by atoms with Gasteiger partial charge in [0.25, 0.3) is 0 Å². The Morgan fingerprint density at radius 2 is 1.57 bits per heavy atom. The van der Waals surface area contributed by atoms with Gasteiger partial charge in [-0.25, -0.2) is 13.2 Å². The van der Waals surface area contributed by atoms with Gasteiger partial charge in [0.1, 0.15) is 16.3 Å². The second-order valence-electron chi connectivity index (χ2n) is 6.40. The highest BCUT2D eigenvalue weighted by Gasteiger charge is 2.19. The minimum atomic E-state index is -1.14. The average Bonchev–Trinajstić information content (AvgIpc) is 2.39. The van der Waals surface area contributed by atoms with Crippen LogP contribution in [0.2, 0.25) is 0 Å². The van der Waals surface area contributed by atoms with Crippen LogP contribution in [0.5, 0.6) is 0 Å². The lowest BCUT2D eigenvalue weighted by molar-refractivity contribution is -0.0614. The number of rotatable bonds is 7. The fourth-order valence-corrected chi connectivity index (χ4v) is 2.32. The topological polar surface area (TPSA) is 18.5 Å². The van der Waals surface area contributed by atoms with E-state index in [4.69, 9.17) is 4.74 Å². The molecule has 0 saturated carbocycles. The van der Waals surface area contributed by atoms with Gasteiger partial charge in [-0.15, -0.1) is 0 Å². The molecule has 6 heteroatoms. The second-order valence-corrected chi connectivity index (χ2v) is 7.22. The number of benzene rings is 1. The quantitative estimate of drug-likeness (QED) is 0.421. The van der Waals surface area contributed by atoms with Gasteiger partial charge in [0.05, 0.1) is 11.7 Å². The number of hydrogen-bond acceptors (Lipinski definition) is 2. The molecule has 0 spiro atoms. The van der Waals surface area contributed by atoms with Gasteiger partial charge >= 0.3 is 0 Å². The molecule has 1 aromatic carbocycles. The zero-order valence-electron chi connectivity index (χ0n) is 15.0. The summed E-state index contributed by atoms with van der Waals surface area (Å²) in [4.78, 5) is 0. The largest absolute Gasteiger partial charge is 0.431 e. The molecule has 0 fully saturated rings. The van der Waals surface area contributed by atoms with E-state index in [0.29, 0.717) is 18.9 Å². The SMILES string of the molecule is CC(C)OC(C)(C)CCCCc1cc(F)c(F)cc1F.CO[SiH3]. The van der Waals surface area contributed by atoms with E-state index in [9.17, 15) is 13.2 Å². The number of halogens is 3. The molecule has 2 nitrogen and oxygen atoms in total. The molecule has 23 heavy (non-hydrogen) atoms. The summed E-state index contributed by atoms with van der Waals surface area (Å²) in [6, 6.07) is 1.55. The van der Waals surface area contributed by atoms with Crippen molar-refractivity contribution in [2.24, 2.45) is 0 Å². The Kier molecular flexibility index (Phi) is 10.4. The maximum absolute atomic E-state index is 13.4. The lowest BCUT2D eigenvalue weighted by Gasteiger charge is -2.27. The van der Waals surface area contributed by atoms with E-state index in [0.717, 1.165) is 29.4 Å². The molecule has 0 aromatic heterocycles. The average molecular weight is 350 g/mol. The van der Waals surface area contributed by atoms with E-state index in [2.05, 4.69) is 4.43 Å². The van der Waals surface area contributed by atoms with Gasteiger partial charge in [-0.2, -0.15) is 0 Å². The highest BCUT2D eigenvalue weighted by molar-refractivity contribution is 5.97. The Hall–Kier alpha value is -0.853. The predicted molar refractivity (Wildman–Crippen MR) is 91.1 cm³/mol. The maximum Gasteiger partial charge on any atom is 0.161 e. The van der Waals surface area contributed by atoms with Gasteiger partial charge in [0, 0.05) is 13.2 Å². The molecule has 0 aliphatic heterocycles. The highest BCUT2D eigenvalue weighted by Crippen LogP contribution is 2.22. The molecule has 134 valence electrons. The summed E-state index contributed by atoms with van der Waals surface area (Å²) in [5, 5.41) is 0. The minimum absolute atomic E-state index is 0.161. The Bertz CT molecular complexity index is 465. The van der Waals surface area contributed by atoms with Crippen LogP contribution in [0.4, 0.5) is 13.2 Å². The fourth-order valence-electron chi connectivity index (χ4n) is 2.32. The van der Waals surface area contributed by atoms with Gasteiger partial charge in [0.2, 0.25) is 0 Å². The molecule has 0 N–H and O–H groups in total. The third-order valence-corrected chi connectivity index (χ3v) is 3.12. The first kappa shape index (κ1) is 22.1. The molecule has 0 aliphatic rings. The number of unbranched alkanes of at least 4 members (excludes halogenated alkanes) is 1. The van der Waals surface area contributed by atoms with Crippen LogP contribution in [0.3, 0.4) is 0 Å². The van der Waals surface area contributed by atoms with Gasteiger partial charge in [-0.1, -0.05) is 6.42 Å². The summed E-state index contributed by atoms with van der Waals surface area (Å²) >= 11 is 0. The van der Waals surface area contributed by atoms with Crippen LogP contribution in [0, 0.1) is 17.5 Å². The number of hydrogen-bond donors (Lipinski definition) is 0. The van der Waals surface area contributed by atoms with Crippen LogP contribution >= 0.6 is 0 Å². The van der Waals surface area contributed by atoms with E-state index in [1.165, 1.54) is 0 Å². The zero-order valence-corrected chi connectivity index (χ0v) is 17.0. The predicted octanol–water partition coefficient (Wildman–Crippen LogP) is 3.93. The Balaban J connectivity index is 0.00000149. The molecular formula is C17H29F3O2Si. The third kappa shape index (κ3) is 9.79. The number of ether oxygens (including phenoxy) is 1. The summed E-state index contributed by atoms with van der Waals surface area (Å²) in [7, 11) is 2.56. The lowest BCUT2D eigenvalue weighted by atomic mass is 9.98. The molecule has 0 saturated heterocycles. The van der Waals surface area contributed by atoms with Crippen LogP contribution in [0.25, 0.3) is 0 Å². The summed E-state index contributed by atoms with van der Waals surface area (Å²) in [6.45, 7) is 8.01. The zero-order chi connectivity index (χ0) is 18.0. The summed E-state index contributed by atoms with van der Waals surface area (Å²) in [5.74, 6) is -2.82. The van der Waals surface area contributed by atoms with Crippen molar-refractivity contribution in [3.63, 3.8) is 0 Å². The molecule has 0 radical (unpaired) electrons. The summed E-state index contributed by atoms with van der Waals surface area (Å²) < 4.78 is 49.4. The van der Waals surface area contributed by atoms with E-state index < -0.39 is 17.5 Å². The smallest absolute Gasteiger partial charge is 0.161 e. The van der Waals surface area contributed by atoms with E-state index in [-0.39, 0.29) is 17.3 Å². The minimum Gasteiger partial charge on any atom is -0.431 e. The third-order valence-electron chi connectivity index (χ3n) is 3.12. The van der Waals surface area contributed by atoms with Gasteiger partial charge in [0.15, 0.2) is 11.6 Å². The first-order valence-electron chi connectivity index (χ1n) is 7.84.